The van der Waals surface area contributed by atoms with Gasteiger partial charge < -0.3 is 14.8 Å². The molecule has 0 aliphatic carbocycles. The summed E-state index contributed by atoms with van der Waals surface area (Å²) >= 11 is 0. The normalized spacial score (nSPS) is 10.3. The molecule has 1 heterocycles. The third kappa shape index (κ3) is 4.01. The number of halogens is 1. The van der Waals surface area contributed by atoms with E-state index in [2.05, 4.69) is 20.3 Å². The fraction of sp³-hybridized carbons (Fsp3) is 0.357. The average Bonchev–Trinajstić information content (AvgIpc) is 2.48. The highest BCUT2D eigenvalue weighted by Crippen LogP contribution is 2.24. The van der Waals surface area contributed by atoms with Gasteiger partial charge in [-0.1, -0.05) is 13.0 Å². The Hall–Kier alpha value is -2.44. The van der Waals surface area contributed by atoms with Gasteiger partial charge in [0.25, 0.3) is 0 Å². The molecule has 21 heavy (non-hydrogen) atoms. The van der Waals surface area contributed by atoms with Crippen LogP contribution in [0.3, 0.4) is 0 Å². The molecule has 0 aliphatic rings. The van der Waals surface area contributed by atoms with Crippen molar-refractivity contribution in [2.75, 3.05) is 19.0 Å². The summed E-state index contributed by atoms with van der Waals surface area (Å²) in [4.78, 5) is 12.1. The molecule has 7 heteroatoms. The van der Waals surface area contributed by atoms with E-state index in [0.717, 1.165) is 12.0 Å². The zero-order valence-corrected chi connectivity index (χ0v) is 12.2. The number of methoxy groups -OCH3 is 1. The predicted molar refractivity (Wildman–Crippen MR) is 76.4 cm³/mol. The number of aryl methyl sites for hydroxylation is 1. The van der Waals surface area contributed by atoms with Gasteiger partial charge >= 0.3 is 12.0 Å². The minimum Gasteiger partial charge on any atom is -0.467 e. The maximum atomic E-state index is 13.7. The Morgan fingerprint density at radius 3 is 2.67 bits per heavy atom. The Morgan fingerprint density at radius 1 is 1.19 bits per heavy atom. The molecule has 1 aromatic carbocycles. The van der Waals surface area contributed by atoms with Crippen molar-refractivity contribution in [1.29, 1.82) is 0 Å². The Balaban J connectivity index is 2.27. The summed E-state index contributed by atoms with van der Waals surface area (Å²) in [6.45, 7) is 4.56. The van der Waals surface area contributed by atoms with Crippen LogP contribution in [0.1, 0.15) is 18.9 Å². The van der Waals surface area contributed by atoms with Crippen LogP contribution in [-0.4, -0.2) is 28.6 Å². The van der Waals surface area contributed by atoms with Gasteiger partial charge in [0.1, 0.15) is 0 Å². The first kappa shape index (κ1) is 15.0. The van der Waals surface area contributed by atoms with E-state index in [0.29, 0.717) is 12.5 Å². The molecule has 0 atom stereocenters. The highest BCUT2D eigenvalue weighted by atomic mass is 19.1. The second kappa shape index (κ2) is 6.83. The highest BCUT2D eigenvalue weighted by Gasteiger charge is 2.11. The molecule has 0 saturated heterocycles. The molecular weight excluding hydrogens is 275 g/mol. The first-order chi connectivity index (χ1) is 10.1. The van der Waals surface area contributed by atoms with Gasteiger partial charge in [-0.05, 0) is 31.0 Å². The topological polar surface area (TPSA) is 69.2 Å². The van der Waals surface area contributed by atoms with Gasteiger partial charge in [0.15, 0.2) is 11.6 Å². The lowest BCUT2D eigenvalue weighted by Gasteiger charge is -2.09. The van der Waals surface area contributed by atoms with E-state index >= 15 is 0 Å². The summed E-state index contributed by atoms with van der Waals surface area (Å²) in [6, 6.07) is 4.64. The van der Waals surface area contributed by atoms with Crippen LogP contribution in [0.15, 0.2) is 18.2 Å². The highest BCUT2D eigenvalue weighted by molar-refractivity contribution is 5.33. The smallest absolute Gasteiger partial charge is 0.330 e. The lowest BCUT2D eigenvalue weighted by Crippen LogP contribution is -2.07. The fourth-order valence-electron chi connectivity index (χ4n) is 1.58. The van der Waals surface area contributed by atoms with Crippen LogP contribution in [0.4, 0.5) is 10.3 Å². The van der Waals surface area contributed by atoms with Gasteiger partial charge in [0.05, 0.1) is 7.11 Å². The lowest BCUT2D eigenvalue weighted by molar-refractivity contribution is 0.355. The van der Waals surface area contributed by atoms with Gasteiger partial charge in [0.2, 0.25) is 5.95 Å². The van der Waals surface area contributed by atoms with Crippen LogP contribution in [0.2, 0.25) is 0 Å². The van der Waals surface area contributed by atoms with Crippen molar-refractivity contribution >= 4 is 5.95 Å². The Kier molecular flexibility index (Phi) is 4.86. The molecule has 2 rings (SSSR count). The molecule has 6 nitrogen and oxygen atoms in total. The van der Waals surface area contributed by atoms with Crippen molar-refractivity contribution in [1.82, 2.24) is 15.0 Å². The summed E-state index contributed by atoms with van der Waals surface area (Å²) in [5.74, 6) is -0.0977. The van der Waals surface area contributed by atoms with Crippen molar-refractivity contribution in [2.24, 2.45) is 0 Å². The number of nitrogens with zero attached hydrogens (tertiary/aromatic N) is 3. The summed E-state index contributed by atoms with van der Waals surface area (Å²) < 4.78 is 24.1. The molecule has 0 amide bonds. The molecule has 0 spiro atoms. The number of benzene rings is 1. The number of nitrogens with one attached hydrogen (secondary N) is 1. The van der Waals surface area contributed by atoms with Crippen molar-refractivity contribution < 1.29 is 13.9 Å². The van der Waals surface area contributed by atoms with E-state index in [1.807, 2.05) is 13.8 Å². The van der Waals surface area contributed by atoms with Gasteiger partial charge in [-0.2, -0.15) is 9.97 Å². The second-order valence-corrected chi connectivity index (χ2v) is 4.39. The maximum Gasteiger partial charge on any atom is 0.330 e. The zero-order valence-electron chi connectivity index (χ0n) is 12.2. The molecule has 0 fully saturated rings. The Morgan fingerprint density at radius 2 is 1.95 bits per heavy atom. The number of hydrogen-bond donors (Lipinski definition) is 1. The van der Waals surface area contributed by atoms with Crippen LogP contribution in [0.25, 0.3) is 0 Å². The first-order valence-electron chi connectivity index (χ1n) is 6.60. The molecule has 0 radical (unpaired) electrons. The summed E-state index contributed by atoms with van der Waals surface area (Å²) in [7, 11) is 1.44. The molecule has 2 aromatic rings. The number of rotatable bonds is 6. The number of anilines is 1. The molecule has 0 unspecified atom stereocenters. The van der Waals surface area contributed by atoms with Crippen LogP contribution < -0.4 is 14.8 Å². The first-order valence-corrected chi connectivity index (χ1v) is 6.60. The van der Waals surface area contributed by atoms with Crippen molar-refractivity contribution in [3.8, 4) is 17.8 Å². The van der Waals surface area contributed by atoms with E-state index in [1.165, 1.54) is 13.2 Å². The standard InChI is InChI=1S/C14H17FN4O2/c1-4-7-16-12-17-13(20-3)19-14(18-12)21-11-8-9(2)5-6-10(11)15/h5-6,8H,4,7H2,1-3H3,(H,16,17,18,19). The van der Waals surface area contributed by atoms with Crippen molar-refractivity contribution in [3.05, 3.63) is 29.6 Å². The van der Waals surface area contributed by atoms with Gasteiger partial charge in [-0.3, -0.25) is 0 Å². The van der Waals surface area contributed by atoms with Crippen molar-refractivity contribution in [2.45, 2.75) is 20.3 Å². The number of hydrogen-bond acceptors (Lipinski definition) is 6. The largest absolute Gasteiger partial charge is 0.467 e. The van der Waals surface area contributed by atoms with Crippen LogP contribution in [0, 0.1) is 12.7 Å². The minimum atomic E-state index is -0.483. The maximum absolute atomic E-state index is 13.7. The van der Waals surface area contributed by atoms with E-state index in [1.54, 1.807) is 12.1 Å². The zero-order chi connectivity index (χ0) is 15.2. The molecule has 0 aliphatic heterocycles. The van der Waals surface area contributed by atoms with E-state index in [9.17, 15) is 4.39 Å². The lowest BCUT2D eigenvalue weighted by atomic mass is 10.2. The van der Waals surface area contributed by atoms with Crippen LogP contribution in [0.5, 0.6) is 17.8 Å². The minimum absolute atomic E-state index is 0.0232. The Labute approximate surface area is 122 Å². The molecule has 1 aromatic heterocycles. The van der Waals surface area contributed by atoms with Gasteiger partial charge in [-0.15, -0.1) is 4.98 Å². The van der Waals surface area contributed by atoms with E-state index in [4.69, 9.17) is 9.47 Å². The molecule has 1 N–H and O–H groups in total. The quantitative estimate of drug-likeness (QED) is 0.882. The number of aromatic nitrogens is 3. The monoisotopic (exact) mass is 292 g/mol. The van der Waals surface area contributed by atoms with E-state index < -0.39 is 5.82 Å². The third-order valence-electron chi connectivity index (χ3n) is 2.60. The molecule has 0 saturated carbocycles. The van der Waals surface area contributed by atoms with Crippen LogP contribution in [-0.2, 0) is 0 Å². The van der Waals surface area contributed by atoms with E-state index in [-0.39, 0.29) is 17.8 Å². The van der Waals surface area contributed by atoms with Crippen LogP contribution >= 0.6 is 0 Å². The summed E-state index contributed by atoms with van der Waals surface area (Å²) in [5.41, 5.74) is 0.872. The molecule has 0 bridgehead atoms. The average molecular weight is 292 g/mol. The SMILES string of the molecule is CCCNc1nc(OC)nc(Oc2cc(C)ccc2F)n1. The summed E-state index contributed by atoms with van der Waals surface area (Å²) in [5, 5.41) is 3.01. The Bertz CT molecular complexity index is 622. The fourth-order valence-corrected chi connectivity index (χ4v) is 1.58. The predicted octanol–water partition coefficient (Wildman–Crippen LogP) is 2.94. The third-order valence-corrected chi connectivity index (χ3v) is 2.60. The summed E-state index contributed by atoms with van der Waals surface area (Å²) in [6.07, 6.45) is 0.913. The molecule has 112 valence electrons. The van der Waals surface area contributed by atoms with Gasteiger partial charge in [-0.25, -0.2) is 4.39 Å². The second-order valence-electron chi connectivity index (χ2n) is 4.39. The number of ether oxygens (including phenoxy) is 2. The van der Waals surface area contributed by atoms with Gasteiger partial charge in [0, 0.05) is 6.54 Å². The van der Waals surface area contributed by atoms with Crippen molar-refractivity contribution in [3.63, 3.8) is 0 Å². The molecular formula is C14H17FN4O2.